The summed E-state index contributed by atoms with van der Waals surface area (Å²) in [5.74, 6) is -0.151. The molecule has 32 heavy (non-hydrogen) atoms. The largest absolute Gasteiger partial charge is 0.497 e. The average molecular weight is 447 g/mol. The molecular weight excluding hydrogens is 424 g/mol. The monoisotopic (exact) mass is 446 g/mol. The van der Waals surface area contributed by atoms with E-state index in [1.165, 1.54) is 4.90 Å². The lowest BCUT2D eigenvalue weighted by atomic mass is 9.97. The Balaban J connectivity index is 1.87. The van der Waals surface area contributed by atoms with Crippen LogP contribution in [-0.2, 0) is 9.59 Å². The number of carbonyl (C=O) groups excluding carboxylic acids is 2. The normalized spacial score (nSPS) is 13.7. The molecule has 1 N–H and O–H groups in total. The molecule has 0 saturated heterocycles. The minimum absolute atomic E-state index is 0.226. The zero-order valence-corrected chi connectivity index (χ0v) is 19.1. The van der Waals surface area contributed by atoms with E-state index in [2.05, 4.69) is 5.32 Å². The molecule has 0 saturated carbocycles. The summed E-state index contributed by atoms with van der Waals surface area (Å²) in [4.78, 5) is 28.5. The second kappa shape index (κ2) is 8.52. The molecule has 0 spiro atoms. The van der Waals surface area contributed by atoms with E-state index in [1.807, 2.05) is 57.2 Å². The van der Waals surface area contributed by atoms with Crippen LogP contribution in [-0.4, -0.2) is 18.9 Å². The topological polar surface area (TPSA) is 58.6 Å². The summed E-state index contributed by atoms with van der Waals surface area (Å²) in [6.45, 7) is 5.75. The molecule has 1 heterocycles. The first-order chi connectivity index (χ1) is 15.3. The minimum Gasteiger partial charge on any atom is -0.497 e. The first-order valence-corrected chi connectivity index (χ1v) is 10.6. The number of methoxy groups -OCH3 is 1. The maximum absolute atomic E-state index is 13.7. The van der Waals surface area contributed by atoms with Crippen LogP contribution in [0.15, 0.2) is 66.4 Å². The summed E-state index contributed by atoms with van der Waals surface area (Å²) < 4.78 is 5.30. The highest BCUT2D eigenvalue weighted by Gasteiger charge is 2.41. The summed E-state index contributed by atoms with van der Waals surface area (Å²) in [7, 11) is 1.58. The number of hydrogen-bond acceptors (Lipinski definition) is 4. The van der Waals surface area contributed by atoms with Gasteiger partial charge in [-0.05, 0) is 67.8 Å². The van der Waals surface area contributed by atoms with E-state index in [4.69, 9.17) is 16.3 Å². The number of nitrogens with one attached hydrogen (secondary N) is 1. The standard InChI is InChI=1S/C26H23ClN2O3/c1-15-8-10-21(16(2)12-15)23-24(28-19-6-5-7-20(14-19)32-4)26(31)29(25(23)30)22-11-9-18(27)13-17(22)3/h5-14,28H,1-4H3. The number of aryl methyl sites for hydroxylation is 3. The molecule has 0 aliphatic carbocycles. The fourth-order valence-corrected chi connectivity index (χ4v) is 4.15. The number of imide groups is 1. The van der Waals surface area contributed by atoms with Gasteiger partial charge >= 0.3 is 0 Å². The lowest BCUT2D eigenvalue weighted by Gasteiger charge is -2.18. The maximum atomic E-state index is 13.7. The van der Waals surface area contributed by atoms with Crippen LogP contribution in [0.4, 0.5) is 11.4 Å². The smallest absolute Gasteiger partial charge is 0.282 e. The van der Waals surface area contributed by atoms with Gasteiger partial charge in [0.15, 0.2) is 0 Å². The molecular formula is C26H23ClN2O3. The predicted octanol–water partition coefficient (Wildman–Crippen LogP) is 5.67. The van der Waals surface area contributed by atoms with Crippen molar-refractivity contribution in [3.05, 3.63) is 93.6 Å². The Kier molecular flexibility index (Phi) is 5.76. The second-order valence-electron chi connectivity index (χ2n) is 7.80. The van der Waals surface area contributed by atoms with E-state index in [-0.39, 0.29) is 11.6 Å². The molecule has 4 rings (SSSR count). The third-order valence-electron chi connectivity index (χ3n) is 5.47. The number of benzene rings is 3. The number of anilines is 2. The summed E-state index contributed by atoms with van der Waals surface area (Å²) in [6.07, 6.45) is 0. The highest BCUT2D eigenvalue weighted by molar-refractivity contribution is 6.46. The van der Waals surface area contributed by atoms with Gasteiger partial charge in [0.05, 0.1) is 18.4 Å². The summed E-state index contributed by atoms with van der Waals surface area (Å²) in [6, 6.07) is 18.2. The number of carbonyl (C=O) groups is 2. The van der Waals surface area contributed by atoms with Crippen molar-refractivity contribution in [3.8, 4) is 5.75 Å². The molecule has 1 aliphatic rings. The van der Waals surface area contributed by atoms with Crippen LogP contribution in [0, 0.1) is 20.8 Å². The summed E-state index contributed by atoms with van der Waals surface area (Å²) in [5.41, 5.74) is 5.17. The van der Waals surface area contributed by atoms with Crippen molar-refractivity contribution in [2.24, 2.45) is 0 Å². The quantitative estimate of drug-likeness (QED) is 0.513. The Morgan fingerprint density at radius 1 is 0.875 bits per heavy atom. The van der Waals surface area contributed by atoms with Crippen LogP contribution in [0.25, 0.3) is 5.57 Å². The number of halogens is 1. The molecule has 162 valence electrons. The van der Waals surface area contributed by atoms with Crippen molar-refractivity contribution in [2.45, 2.75) is 20.8 Å². The Hall–Kier alpha value is -3.57. The fourth-order valence-electron chi connectivity index (χ4n) is 3.92. The Morgan fingerprint density at radius 2 is 1.66 bits per heavy atom. The molecule has 0 atom stereocenters. The SMILES string of the molecule is COc1cccc(NC2=C(c3ccc(C)cc3C)C(=O)N(c3ccc(Cl)cc3C)C2=O)c1. The lowest BCUT2D eigenvalue weighted by Crippen LogP contribution is -2.33. The average Bonchev–Trinajstić information content (AvgIpc) is 2.98. The molecule has 0 aromatic heterocycles. The van der Waals surface area contributed by atoms with Gasteiger partial charge < -0.3 is 10.1 Å². The zero-order chi connectivity index (χ0) is 23.0. The Morgan fingerprint density at radius 3 is 2.34 bits per heavy atom. The van der Waals surface area contributed by atoms with Gasteiger partial charge in [0, 0.05) is 16.8 Å². The van der Waals surface area contributed by atoms with E-state index in [0.717, 1.165) is 16.7 Å². The first-order valence-electron chi connectivity index (χ1n) is 10.2. The number of nitrogens with zero attached hydrogens (tertiary/aromatic N) is 1. The van der Waals surface area contributed by atoms with Crippen molar-refractivity contribution in [1.82, 2.24) is 0 Å². The molecule has 0 radical (unpaired) electrons. The van der Waals surface area contributed by atoms with Crippen molar-refractivity contribution >= 4 is 40.4 Å². The van der Waals surface area contributed by atoms with E-state index >= 15 is 0 Å². The van der Waals surface area contributed by atoms with E-state index in [1.54, 1.807) is 31.4 Å². The number of amides is 2. The number of rotatable bonds is 5. The van der Waals surface area contributed by atoms with Gasteiger partial charge in [-0.15, -0.1) is 0 Å². The van der Waals surface area contributed by atoms with E-state index < -0.39 is 5.91 Å². The third-order valence-corrected chi connectivity index (χ3v) is 5.71. The van der Waals surface area contributed by atoms with Gasteiger partial charge in [0.25, 0.3) is 11.8 Å². The molecule has 0 fully saturated rings. The van der Waals surface area contributed by atoms with Crippen molar-refractivity contribution in [1.29, 1.82) is 0 Å². The zero-order valence-electron chi connectivity index (χ0n) is 18.3. The van der Waals surface area contributed by atoms with Gasteiger partial charge in [0.2, 0.25) is 0 Å². The molecule has 3 aromatic carbocycles. The molecule has 0 bridgehead atoms. The van der Waals surface area contributed by atoms with Crippen LogP contribution in [0.1, 0.15) is 22.3 Å². The van der Waals surface area contributed by atoms with Gasteiger partial charge in [-0.2, -0.15) is 0 Å². The predicted molar refractivity (Wildman–Crippen MR) is 128 cm³/mol. The van der Waals surface area contributed by atoms with Gasteiger partial charge in [-0.1, -0.05) is 41.4 Å². The van der Waals surface area contributed by atoms with E-state index in [9.17, 15) is 9.59 Å². The van der Waals surface area contributed by atoms with Crippen molar-refractivity contribution in [3.63, 3.8) is 0 Å². The summed E-state index contributed by atoms with van der Waals surface area (Å²) >= 11 is 6.10. The van der Waals surface area contributed by atoms with Crippen LogP contribution in [0.5, 0.6) is 5.75 Å². The molecule has 5 nitrogen and oxygen atoms in total. The molecule has 6 heteroatoms. The van der Waals surface area contributed by atoms with Crippen LogP contribution in [0.2, 0.25) is 5.02 Å². The Bertz CT molecular complexity index is 1280. The van der Waals surface area contributed by atoms with Gasteiger partial charge in [-0.3, -0.25) is 9.59 Å². The minimum atomic E-state index is -0.418. The van der Waals surface area contributed by atoms with Crippen LogP contribution in [0.3, 0.4) is 0 Å². The number of ether oxygens (including phenoxy) is 1. The maximum Gasteiger partial charge on any atom is 0.282 e. The van der Waals surface area contributed by atoms with Crippen molar-refractivity contribution in [2.75, 3.05) is 17.3 Å². The fraction of sp³-hybridized carbons (Fsp3) is 0.154. The first kappa shape index (κ1) is 21.7. The summed E-state index contributed by atoms with van der Waals surface area (Å²) in [5, 5.41) is 3.72. The third kappa shape index (κ3) is 3.87. The Labute approximate surface area is 192 Å². The second-order valence-corrected chi connectivity index (χ2v) is 8.24. The van der Waals surface area contributed by atoms with Gasteiger partial charge in [0.1, 0.15) is 11.4 Å². The van der Waals surface area contributed by atoms with Crippen LogP contribution < -0.4 is 15.0 Å². The highest BCUT2D eigenvalue weighted by Crippen LogP contribution is 2.37. The van der Waals surface area contributed by atoms with Gasteiger partial charge in [-0.25, -0.2) is 4.90 Å². The van der Waals surface area contributed by atoms with Crippen molar-refractivity contribution < 1.29 is 14.3 Å². The van der Waals surface area contributed by atoms with E-state index in [0.29, 0.717) is 33.3 Å². The number of hydrogen-bond donors (Lipinski definition) is 1. The molecule has 3 aromatic rings. The highest BCUT2D eigenvalue weighted by atomic mass is 35.5. The molecule has 0 unspecified atom stereocenters. The lowest BCUT2D eigenvalue weighted by molar-refractivity contribution is -0.120. The molecule has 2 amide bonds. The molecule has 1 aliphatic heterocycles. The van der Waals surface area contributed by atoms with Crippen LogP contribution >= 0.6 is 11.6 Å².